The van der Waals surface area contributed by atoms with Crippen molar-refractivity contribution in [2.45, 2.75) is 31.7 Å². The van der Waals surface area contributed by atoms with Crippen LogP contribution in [-0.4, -0.2) is 46.5 Å². The predicted octanol–water partition coefficient (Wildman–Crippen LogP) is 3.15. The van der Waals surface area contributed by atoms with Gasteiger partial charge in [0, 0.05) is 19.1 Å². The second-order valence-electron chi connectivity index (χ2n) is 6.67. The van der Waals surface area contributed by atoms with E-state index in [9.17, 15) is 9.18 Å². The maximum atomic E-state index is 13.7. The van der Waals surface area contributed by atoms with Crippen LogP contribution in [0.15, 0.2) is 18.5 Å². The van der Waals surface area contributed by atoms with E-state index >= 15 is 0 Å². The normalized spacial score (nSPS) is 17.9. The lowest BCUT2D eigenvalue weighted by atomic mass is 10.0. The van der Waals surface area contributed by atoms with E-state index in [1.807, 2.05) is 4.90 Å². The molecule has 0 radical (unpaired) electrons. The van der Waals surface area contributed by atoms with E-state index in [0.29, 0.717) is 35.7 Å². The molecule has 25 heavy (non-hydrogen) atoms. The number of nitrogens with zero attached hydrogens (tertiary/aromatic N) is 2. The molecule has 1 aliphatic carbocycles. The number of hydrogen-bond donors (Lipinski definition) is 2. The first kappa shape index (κ1) is 19.9. The Kier molecular flexibility index (Phi) is 6.65. The third kappa shape index (κ3) is 4.43. The second kappa shape index (κ2) is 8.34. The van der Waals surface area contributed by atoms with Gasteiger partial charge in [-0.05, 0) is 50.3 Å². The maximum Gasteiger partial charge on any atom is 0.256 e. The molecule has 0 atom stereocenters. The standard InChI is InChI=1S/C17H21FN4O.2ClH/c18-12-7-14(16-15(8-12)20-10-21-16)17(23)22-5-3-13(4-6-22)19-9-11-1-2-11;;/h7-8,10-11,13,19H,1-6,9H2,(H,20,21);2*1H. The zero-order valence-electron chi connectivity index (χ0n) is 13.8. The highest BCUT2D eigenvalue weighted by molar-refractivity contribution is 6.04. The topological polar surface area (TPSA) is 61.0 Å². The van der Waals surface area contributed by atoms with Crippen LogP contribution >= 0.6 is 24.8 Å². The number of carbonyl (C=O) groups is 1. The summed E-state index contributed by atoms with van der Waals surface area (Å²) >= 11 is 0. The Morgan fingerprint density at radius 2 is 1.96 bits per heavy atom. The summed E-state index contributed by atoms with van der Waals surface area (Å²) < 4.78 is 13.7. The molecule has 1 aliphatic heterocycles. The van der Waals surface area contributed by atoms with Crippen molar-refractivity contribution in [3.63, 3.8) is 0 Å². The lowest BCUT2D eigenvalue weighted by Crippen LogP contribution is -2.45. The summed E-state index contributed by atoms with van der Waals surface area (Å²) in [7, 11) is 0. The zero-order chi connectivity index (χ0) is 15.8. The maximum absolute atomic E-state index is 13.7. The van der Waals surface area contributed by atoms with Crippen molar-refractivity contribution in [3.8, 4) is 0 Å². The van der Waals surface area contributed by atoms with E-state index in [0.717, 1.165) is 25.3 Å². The number of hydrogen-bond acceptors (Lipinski definition) is 3. The first-order chi connectivity index (χ1) is 11.2. The Hall–Kier alpha value is -1.37. The molecule has 0 unspecified atom stereocenters. The highest BCUT2D eigenvalue weighted by atomic mass is 35.5. The Morgan fingerprint density at radius 1 is 1.24 bits per heavy atom. The van der Waals surface area contributed by atoms with E-state index in [2.05, 4.69) is 15.3 Å². The van der Waals surface area contributed by atoms with E-state index in [1.54, 1.807) is 0 Å². The van der Waals surface area contributed by atoms with Crippen molar-refractivity contribution >= 4 is 41.8 Å². The molecule has 0 bridgehead atoms. The largest absolute Gasteiger partial charge is 0.344 e. The first-order valence-corrected chi connectivity index (χ1v) is 8.36. The molecule has 2 aliphatic rings. The second-order valence-corrected chi connectivity index (χ2v) is 6.67. The van der Waals surface area contributed by atoms with Gasteiger partial charge in [0.15, 0.2) is 0 Å². The van der Waals surface area contributed by atoms with Crippen LogP contribution in [0.5, 0.6) is 0 Å². The summed E-state index contributed by atoms with van der Waals surface area (Å²) in [5, 5.41) is 3.60. The minimum atomic E-state index is -0.411. The molecule has 2 fully saturated rings. The molecule has 5 nitrogen and oxygen atoms in total. The van der Waals surface area contributed by atoms with Gasteiger partial charge in [0.2, 0.25) is 0 Å². The molecule has 1 aromatic heterocycles. The molecule has 2 heterocycles. The van der Waals surface area contributed by atoms with Crippen molar-refractivity contribution in [2.24, 2.45) is 5.92 Å². The van der Waals surface area contributed by atoms with E-state index < -0.39 is 5.82 Å². The van der Waals surface area contributed by atoms with Gasteiger partial charge in [0.05, 0.1) is 17.4 Å². The number of H-pyrrole nitrogens is 1. The van der Waals surface area contributed by atoms with Gasteiger partial charge in [0.25, 0.3) is 5.91 Å². The predicted molar refractivity (Wildman–Crippen MR) is 100 cm³/mol. The van der Waals surface area contributed by atoms with E-state index in [1.165, 1.54) is 31.3 Å². The minimum Gasteiger partial charge on any atom is -0.344 e. The molecule has 4 rings (SSSR count). The molecule has 0 spiro atoms. The fourth-order valence-corrected chi connectivity index (χ4v) is 3.29. The van der Waals surface area contributed by atoms with Crippen molar-refractivity contribution in [3.05, 3.63) is 29.8 Å². The highest BCUT2D eigenvalue weighted by Gasteiger charge is 2.27. The van der Waals surface area contributed by atoms with Gasteiger partial charge in [-0.3, -0.25) is 4.79 Å². The lowest BCUT2D eigenvalue weighted by Gasteiger charge is -2.32. The van der Waals surface area contributed by atoms with Crippen molar-refractivity contribution in [1.82, 2.24) is 20.2 Å². The van der Waals surface area contributed by atoms with Crippen LogP contribution in [0.25, 0.3) is 11.0 Å². The van der Waals surface area contributed by atoms with Gasteiger partial charge in [-0.15, -0.1) is 24.8 Å². The Labute approximate surface area is 158 Å². The number of nitrogens with one attached hydrogen (secondary N) is 2. The van der Waals surface area contributed by atoms with Gasteiger partial charge >= 0.3 is 0 Å². The number of rotatable bonds is 4. The fourth-order valence-electron chi connectivity index (χ4n) is 3.29. The van der Waals surface area contributed by atoms with Crippen LogP contribution in [0.2, 0.25) is 0 Å². The minimum absolute atomic E-state index is 0. The van der Waals surface area contributed by atoms with Crippen molar-refractivity contribution in [2.75, 3.05) is 19.6 Å². The number of piperidine rings is 1. The fraction of sp³-hybridized carbons (Fsp3) is 0.529. The van der Waals surface area contributed by atoms with Crippen LogP contribution in [0.1, 0.15) is 36.0 Å². The van der Waals surface area contributed by atoms with E-state index in [-0.39, 0.29) is 30.7 Å². The number of aromatic amines is 1. The van der Waals surface area contributed by atoms with Crippen LogP contribution in [0.4, 0.5) is 4.39 Å². The smallest absolute Gasteiger partial charge is 0.256 e. The third-order valence-electron chi connectivity index (χ3n) is 4.89. The first-order valence-electron chi connectivity index (χ1n) is 8.36. The molecule has 1 aromatic carbocycles. The summed E-state index contributed by atoms with van der Waals surface area (Å²) in [6.07, 6.45) is 6.11. The van der Waals surface area contributed by atoms with Gasteiger partial charge in [-0.25, -0.2) is 9.37 Å². The van der Waals surface area contributed by atoms with Crippen LogP contribution in [0.3, 0.4) is 0 Å². The average molecular weight is 389 g/mol. The third-order valence-corrected chi connectivity index (χ3v) is 4.89. The summed E-state index contributed by atoms with van der Waals surface area (Å²) in [6, 6.07) is 3.16. The van der Waals surface area contributed by atoms with Crippen molar-refractivity contribution < 1.29 is 9.18 Å². The molecule has 1 amide bonds. The summed E-state index contributed by atoms with van der Waals surface area (Å²) in [4.78, 5) is 21.6. The number of benzene rings is 1. The summed E-state index contributed by atoms with van der Waals surface area (Å²) in [6.45, 7) is 2.53. The quantitative estimate of drug-likeness (QED) is 0.845. The molecule has 2 aromatic rings. The molecule has 8 heteroatoms. The van der Waals surface area contributed by atoms with Gasteiger partial charge in [-0.2, -0.15) is 0 Å². The zero-order valence-corrected chi connectivity index (χ0v) is 15.5. The molecule has 1 saturated carbocycles. The van der Waals surface area contributed by atoms with Crippen LogP contribution in [-0.2, 0) is 0 Å². The number of likely N-dealkylation sites (tertiary alicyclic amines) is 1. The molecular formula is C17H23Cl2FN4O. The average Bonchev–Trinajstić information content (AvgIpc) is 3.28. The SMILES string of the molecule is Cl.Cl.O=C(c1cc(F)cc2[nH]cnc12)N1CCC(NCC2CC2)CC1. The van der Waals surface area contributed by atoms with Gasteiger partial charge in [0.1, 0.15) is 11.3 Å². The van der Waals surface area contributed by atoms with Crippen molar-refractivity contribution in [1.29, 1.82) is 0 Å². The van der Waals surface area contributed by atoms with Crippen LogP contribution < -0.4 is 5.32 Å². The number of aromatic nitrogens is 2. The molecule has 2 N–H and O–H groups in total. The number of fused-ring (bicyclic) bond motifs is 1. The monoisotopic (exact) mass is 388 g/mol. The summed E-state index contributed by atoms with van der Waals surface area (Å²) in [5.74, 6) is 0.336. The van der Waals surface area contributed by atoms with Crippen LogP contribution in [0, 0.1) is 11.7 Å². The molecule has 138 valence electrons. The molecular weight excluding hydrogens is 366 g/mol. The number of carbonyl (C=O) groups excluding carboxylic acids is 1. The molecule has 1 saturated heterocycles. The Morgan fingerprint density at radius 3 is 2.64 bits per heavy atom. The highest BCUT2D eigenvalue weighted by Crippen LogP contribution is 2.28. The Balaban J connectivity index is 0.00000113. The number of imidazole rings is 1. The lowest BCUT2D eigenvalue weighted by molar-refractivity contribution is 0.0706. The number of amides is 1. The van der Waals surface area contributed by atoms with E-state index in [4.69, 9.17) is 0 Å². The number of halogens is 3. The Bertz CT molecular complexity index is 727. The summed E-state index contributed by atoms with van der Waals surface area (Å²) in [5.41, 5.74) is 1.46. The van der Waals surface area contributed by atoms with Gasteiger partial charge in [-0.1, -0.05) is 0 Å². The van der Waals surface area contributed by atoms with Gasteiger partial charge < -0.3 is 15.2 Å².